The lowest BCUT2D eigenvalue weighted by Crippen LogP contribution is -2.58. The summed E-state index contributed by atoms with van der Waals surface area (Å²) in [4.78, 5) is 29.6. The van der Waals surface area contributed by atoms with Crippen LogP contribution in [-0.4, -0.2) is 60.5 Å². The highest BCUT2D eigenvalue weighted by atomic mass is 19.1. The molecule has 2 N–H and O–H groups in total. The second-order valence-corrected chi connectivity index (χ2v) is 8.71. The van der Waals surface area contributed by atoms with E-state index in [1.807, 2.05) is 0 Å². The molecule has 30 heavy (non-hydrogen) atoms. The van der Waals surface area contributed by atoms with E-state index in [4.69, 9.17) is 0 Å². The van der Waals surface area contributed by atoms with Gasteiger partial charge in [0.2, 0.25) is 5.91 Å². The van der Waals surface area contributed by atoms with E-state index in [-0.39, 0.29) is 23.8 Å². The zero-order valence-electron chi connectivity index (χ0n) is 18.2. The largest absolute Gasteiger partial charge is 0.354 e. The second kappa shape index (κ2) is 10.8. The topological polar surface area (TPSA) is 64.7 Å². The molecular weight excluding hydrogens is 383 g/mol. The predicted molar refractivity (Wildman–Crippen MR) is 117 cm³/mol. The molecule has 1 heterocycles. The monoisotopic (exact) mass is 418 g/mol. The molecule has 0 bridgehead atoms. The molecule has 166 valence electrons. The van der Waals surface area contributed by atoms with Gasteiger partial charge in [0.25, 0.3) is 0 Å². The highest BCUT2D eigenvalue weighted by Gasteiger charge is 2.37. The number of hydrogen-bond donors (Lipinski definition) is 2. The van der Waals surface area contributed by atoms with Crippen LogP contribution in [0.5, 0.6) is 0 Å². The van der Waals surface area contributed by atoms with Gasteiger partial charge in [0.05, 0.1) is 6.04 Å². The van der Waals surface area contributed by atoms with Crippen molar-refractivity contribution < 1.29 is 14.0 Å². The van der Waals surface area contributed by atoms with Crippen molar-refractivity contribution in [1.82, 2.24) is 15.1 Å². The molecule has 2 unspecified atom stereocenters. The Kier molecular flexibility index (Phi) is 8.08. The highest BCUT2D eigenvalue weighted by molar-refractivity contribution is 5.89. The molecule has 0 aromatic heterocycles. The fraction of sp³-hybridized carbons (Fsp3) is 0.652. The molecule has 2 fully saturated rings. The Balaban J connectivity index is 1.56. The Morgan fingerprint density at radius 2 is 1.87 bits per heavy atom. The summed E-state index contributed by atoms with van der Waals surface area (Å²) in [6.07, 6.45) is 5.63. The SMILES string of the molecule is CCC(C)CNC(=O)C(C1CCCC1)N1CCN(C(=O)Nc2cccc(F)c2)CC1. The van der Waals surface area contributed by atoms with E-state index in [2.05, 4.69) is 29.4 Å². The molecule has 3 amide bonds. The molecule has 1 aromatic rings. The number of nitrogens with zero attached hydrogens (tertiary/aromatic N) is 2. The Bertz CT molecular complexity index is 715. The number of halogens is 1. The average molecular weight is 419 g/mol. The Labute approximate surface area is 179 Å². The third kappa shape index (κ3) is 5.94. The molecule has 3 rings (SSSR count). The van der Waals surface area contributed by atoms with Crippen molar-refractivity contribution in [3.05, 3.63) is 30.1 Å². The second-order valence-electron chi connectivity index (χ2n) is 8.71. The molecular formula is C23H35FN4O2. The van der Waals surface area contributed by atoms with Crippen molar-refractivity contribution in [3.63, 3.8) is 0 Å². The molecule has 1 aliphatic heterocycles. The summed E-state index contributed by atoms with van der Waals surface area (Å²) in [6.45, 7) is 7.48. The molecule has 6 nitrogen and oxygen atoms in total. The van der Waals surface area contributed by atoms with E-state index in [9.17, 15) is 14.0 Å². The van der Waals surface area contributed by atoms with E-state index in [1.165, 1.54) is 25.0 Å². The number of amides is 3. The Morgan fingerprint density at radius 1 is 1.17 bits per heavy atom. The number of urea groups is 1. The maximum absolute atomic E-state index is 13.3. The molecule has 2 atom stereocenters. The summed E-state index contributed by atoms with van der Waals surface area (Å²) in [5.41, 5.74) is 0.454. The lowest BCUT2D eigenvalue weighted by Gasteiger charge is -2.40. The van der Waals surface area contributed by atoms with E-state index >= 15 is 0 Å². The van der Waals surface area contributed by atoms with Gasteiger partial charge in [-0.15, -0.1) is 0 Å². The molecule has 2 aliphatic rings. The van der Waals surface area contributed by atoms with Crippen LogP contribution in [-0.2, 0) is 4.79 Å². The van der Waals surface area contributed by atoms with Crippen molar-refractivity contribution in [2.24, 2.45) is 11.8 Å². The number of carbonyl (C=O) groups is 2. The van der Waals surface area contributed by atoms with Crippen LogP contribution in [0.1, 0.15) is 46.0 Å². The van der Waals surface area contributed by atoms with E-state index in [1.54, 1.807) is 17.0 Å². The summed E-state index contributed by atoms with van der Waals surface area (Å²) in [7, 11) is 0. The van der Waals surface area contributed by atoms with Crippen LogP contribution in [0.4, 0.5) is 14.9 Å². The molecule has 7 heteroatoms. The van der Waals surface area contributed by atoms with Crippen LogP contribution in [0.2, 0.25) is 0 Å². The lowest BCUT2D eigenvalue weighted by atomic mass is 9.94. The van der Waals surface area contributed by atoms with Crippen LogP contribution >= 0.6 is 0 Å². The minimum Gasteiger partial charge on any atom is -0.354 e. The third-order valence-corrected chi connectivity index (χ3v) is 6.51. The molecule has 1 saturated heterocycles. The van der Waals surface area contributed by atoms with Crippen LogP contribution in [0.15, 0.2) is 24.3 Å². The van der Waals surface area contributed by atoms with Crippen LogP contribution < -0.4 is 10.6 Å². The first-order valence-corrected chi connectivity index (χ1v) is 11.3. The molecule has 0 radical (unpaired) electrons. The van der Waals surface area contributed by atoms with Gasteiger partial charge in [-0.1, -0.05) is 39.2 Å². The van der Waals surface area contributed by atoms with Crippen molar-refractivity contribution in [2.45, 2.75) is 52.0 Å². The molecule has 1 aliphatic carbocycles. The zero-order valence-corrected chi connectivity index (χ0v) is 18.2. The zero-order chi connectivity index (χ0) is 21.5. The van der Waals surface area contributed by atoms with Gasteiger partial charge in [0, 0.05) is 38.4 Å². The van der Waals surface area contributed by atoms with Gasteiger partial charge in [-0.3, -0.25) is 9.69 Å². The van der Waals surface area contributed by atoms with Gasteiger partial charge in [0.1, 0.15) is 5.82 Å². The van der Waals surface area contributed by atoms with Crippen molar-refractivity contribution in [3.8, 4) is 0 Å². The fourth-order valence-corrected chi connectivity index (χ4v) is 4.45. The maximum Gasteiger partial charge on any atom is 0.321 e. The smallest absolute Gasteiger partial charge is 0.321 e. The van der Waals surface area contributed by atoms with Crippen LogP contribution in [0.25, 0.3) is 0 Å². The quantitative estimate of drug-likeness (QED) is 0.710. The van der Waals surface area contributed by atoms with Gasteiger partial charge >= 0.3 is 6.03 Å². The van der Waals surface area contributed by atoms with Crippen molar-refractivity contribution in [2.75, 3.05) is 38.0 Å². The first kappa shape index (κ1) is 22.5. The number of piperazine rings is 1. The third-order valence-electron chi connectivity index (χ3n) is 6.51. The summed E-state index contributed by atoms with van der Waals surface area (Å²) >= 11 is 0. The highest BCUT2D eigenvalue weighted by Crippen LogP contribution is 2.31. The van der Waals surface area contributed by atoms with Gasteiger partial charge in [-0.25, -0.2) is 9.18 Å². The number of anilines is 1. The van der Waals surface area contributed by atoms with Gasteiger partial charge in [0.15, 0.2) is 0 Å². The summed E-state index contributed by atoms with van der Waals surface area (Å²) in [6, 6.07) is 5.58. The van der Waals surface area contributed by atoms with Crippen LogP contribution in [0, 0.1) is 17.7 Å². The standard InChI is InChI=1S/C23H35FN4O2/c1-3-17(2)16-25-22(29)21(18-7-4-5-8-18)27-11-13-28(14-12-27)23(30)26-20-10-6-9-19(24)15-20/h6,9-10,15,17-18,21H,3-5,7-8,11-14,16H2,1-2H3,(H,25,29)(H,26,30). The van der Waals surface area contributed by atoms with Crippen LogP contribution in [0.3, 0.4) is 0 Å². The number of benzene rings is 1. The Hall–Kier alpha value is -2.15. The Morgan fingerprint density at radius 3 is 2.50 bits per heavy atom. The van der Waals surface area contributed by atoms with E-state index in [0.29, 0.717) is 50.2 Å². The van der Waals surface area contributed by atoms with Crippen molar-refractivity contribution >= 4 is 17.6 Å². The minimum absolute atomic E-state index is 0.106. The molecule has 1 saturated carbocycles. The summed E-state index contributed by atoms with van der Waals surface area (Å²) < 4.78 is 13.3. The molecule has 0 spiro atoms. The van der Waals surface area contributed by atoms with Gasteiger partial charge < -0.3 is 15.5 Å². The average Bonchev–Trinajstić information content (AvgIpc) is 3.27. The number of carbonyl (C=O) groups excluding carboxylic acids is 2. The number of hydrogen-bond acceptors (Lipinski definition) is 3. The van der Waals surface area contributed by atoms with E-state index in [0.717, 1.165) is 19.3 Å². The number of nitrogens with one attached hydrogen (secondary N) is 2. The lowest BCUT2D eigenvalue weighted by molar-refractivity contribution is -0.129. The first-order valence-electron chi connectivity index (χ1n) is 11.3. The minimum atomic E-state index is -0.375. The number of rotatable bonds is 7. The van der Waals surface area contributed by atoms with E-state index < -0.39 is 0 Å². The van der Waals surface area contributed by atoms with Crippen molar-refractivity contribution in [1.29, 1.82) is 0 Å². The maximum atomic E-state index is 13.3. The van der Waals surface area contributed by atoms with Gasteiger partial charge in [-0.2, -0.15) is 0 Å². The fourth-order valence-electron chi connectivity index (χ4n) is 4.45. The normalized spacial score (nSPS) is 20.0. The summed E-state index contributed by atoms with van der Waals surface area (Å²) in [5.74, 6) is 0.636. The predicted octanol–water partition coefficient (Wildman–Crippen LogP) is 3.70. The van der Waals surface area contributed by atoms with Gasteiger partial charge in [-0.05, 0) is 42.9 Å². The summed E-state index contributed by atoms with van der Waals surface area (Å²) in [5, 5.41) is 5.93. The molecule has 1 aromatic carbocycles. The first-order chi connectivity index (χ1) is 14.5.